The van der Waals surface area contributed by atoms with Crippen LogP contribution in [0.2, 0.25) is 0 Å². The third-order valence-corrected chi connectivity index (χ3v) is 6.98. The van der Waals surface area contributed by atoms with Gasteiger partial charge in [-0.2, -0.15) is 5.14 Å². The second-order valence-corrected chi connectivity index (χ2v) is 9.26. The van der Waals surface area contributed by atoms with Gasteiger partial charge in [-0.25, -0.2) is 0 Å². The Bertz CT molecular complexity index is 705. The second-order valence-electron chi connectivity index (χ2n) is 7.73. The molecule has 140 valence electrons. The highest BCUT2D eigenvalue weighted by molar-refractivity contribution is 7.90. The highest BCUT2D eigenvalue weighted by Crippen LogP contribution is 2.47. The number of nitrogen functional groups attached to an aromatic ring is 1. The summed E-state index contributed by atoms with van der Waals surface area (Å²) in [4.78, 5) is 4.08. The van der Waals surface area contributed by atoms with Gasteiger partial charge in [-0.05, 0) is 80.3 Å². The molecule has 1 saturated carbocycles. The van der Waals surface area contributed by atoms with Crippen molar-refractivity contribution in [2.24, 2.45) is 11.1 Å². The van der Waals surface area contributed by atoms with Crippen LogP contribution in [0.5, 0.6) is 0 Å². The number of anilines is 1. The number of hydrogen-bond acceptors (Lipinski definition) is 4. The SMILES string of the molecule is CC(CC1CC1)(C(CCCc1ccncc1)c1cccc(N)c1)[S+](N)[O-]. The molecule has 1 aromatic carbocycles. The molecule has 1 fully saturated rings. The van der Waals surface area contributed by atoms with Gasteiger partial charge >= 0.3 is 0 Å². The first-order valence-corrected chi connectivity index (χ1v) is 10.6. The number of pyridine rings is 1. The third kappa shape index (κ3) is 4.78. The van der Waals surface area contributed by atoms with E-state index in [1.165, 1.54) is 18.4 Å². The van der Waals surface area contributed by atoms with Crippen LogP contribution in [0.15, 0.2) is 48.8 Å². The fraction of sp³-hybridized carbons (Fsp3) is 0.476. The van der Waals surface area contributed by atoms with E-state index in [9.17, 15) is 4.55 Å². The smallest absolute Gasteiger partial charge is 0.149 e. The lowest BCUT2D eigenvalue weighted by atomic mass is 9.79. The van der Waals surface area contributed by atoms with Crippen molar-refractivity contribution < 1.29 is 4.55 Å². The van der Waals surface area contributed by atoms with Gasteiger partial charge in [-0.1, -0.05) is 12.1 Å². The predicted molar refractivity (Wildman–Crippen MR) is 109 cm³/mol. The quantitative estimate of drug-likeness (QED) is 0.516. The molecule has 0 amide bonds. The van der Waals surface area contributed by atoms with Crippen LogP contribution in [0, 0.1) is 5.92 Å². The van der Waals surface area contributed by atoms with Crippen molar-refractivity contribution >= 4 is 17.0 Å². The number of aryl methyl sites for hydroxylation is 1. The second kappa shape index (κ2) is 8.42. The number of nitrogens with two attached hydrogens (primary N) is 2. The van der Waals surface area contributed by atoms with E-state index in [-0.39, 0.29) is 5.92 Å². The van der Waals surface area contributed by atoms with Crippen LogP contribution in [0.25, 0.3) is 0 Å². The van der Waals surface area contributed by atoms with E-state index >= 15 is 0 Å². The molecular weight excluding hydrogens is 342 g/mol. The molecular formula is C21H29N3OS. The van der Waals surface area contributed by atoms with Crippen molar-refractivity contribution in [3.05, 3.63) is 59.9 Å². The van der Waals surface area contributed by atoms with Crippen LogP contribution in [0.4, 0.5) is 5.69 Å². The van der Waals surface area contributed by atoms with Gasteiger partial charge in [-0.3, -0.25) is 4.98 Å². The molecule has 2 aromatic rings. The summed E-state index contributed by atoms with van der Waals surface area (Å²) < 4.78 is 12.2. The summed E-state index contributed by atoms with van der Waals surface area (Å²) in [6, 6.07) is 12.1. The first-order chi connectivity index (χ1) is 12.5. The zero-order valence-corrected chi connectivity index (χ0v) is 16.3. The molecule has 0 radical (unpaired) electrons. The maximum Gasteiger partial charge on any atom is 0.149 e. The molecule has 3 unspecified atom stereocenters. The maximum atomic E-state index is 12.6. The first kappa shape index (κ1) is 19.2. The van der Waals surface area contributed by atoms with Crippen LogP contribution in [0.3, 0.4) is 0 Å². The fourth-order valence-electron chi connectivity index (χ4n) is 3.92. The molecule has 4 nitrogen and oxygen atoms in total. The van der Waals surface area contributed by atoms with Gasteiger partial charge in [0, 0.05) is 41.8 Å². The van der Waals surface area contributed by atoms with Crippen molar-refractivity contribution in [3.63, 3.8) is 0 Å². The number of benzene rings is 1. The van der Waals surface area contributed by atoms with Crippen molar-refractivity contribution in [2.45, 2.75) is 56.1 Å². The first-order valence-electron chi connectivity index (χ1n) is 9.39. The Hall–Kier alpha value is -1.56. The Balaban J connectivity index is 1.80. The van der Waals surface area contributed by atoms with E-state index in [0.717, 1.165) is 36.9 Å². The van der Waals surface area contributed by atoms with Crippen LogP contribution in [-0.4, -0.2) is 14.3 Å². The molecule has 1 aliphatic rings. The Morgan fingerprint density at radius 3 is 2.62 bits per heavy atom. The van der Waals surface area contributed by atoms with Gasteiger partial charge < -0.3 is 10.3 Å². The molecule has 1 aliphatic carbocycles. The normalized spacial score (nSPS) is 18.9. The minimum Gasteiger partial charge on any atom is -0.598 e. The zero-order valence-electron chi connectivity index (χ0n) is 15.4. The van der Waals surface area contributed by atoms with E-state index < -0.39 is 16.1 Å². The monoisotopic (exact) mass is 371 g/mol. The largest absolute Gasteiger partial charge is 0.598 e. The lowest BCUT2D eigenvalue weighted by Gasteiger charge is -2.37. The van der Waals surface area contributed by atoms with E-state index in [4.69, 9.17) is 10.9 Å². The Morgan fingerprint density at radius 2 is 2.00 bits per heavy atom. The molecule has 1 aromatic heterocycles. The number of rotatable bonds is 9. The fourth-order valence-corrected chi connectivity index (χ4v) is 4.85. The molecule has 4 N–H and O–H groups in total. The van der Waals surface area contributed by atoms with E-state index in [1.54, 1.807) is 0 Å². The molecule has 0 saturated heterocycles. The lowest BCUT2D eigenvalue weighted by Crippen LogP contribution is -2.46. The summed E-state index contributed by atoms with van der Waals surface area (Å²) in [6.45, 7) is 2.10. The summed E-state index contributed by atoms with van der Waals surface area (Å²) in [6.07, 6.45) is 9.98. The molecule has 0 bridgehead atoms. The summed E-state index contributed by atoms with van der Waals surface area (Å²) in [5, 5.41) is 6.04. The lowest BCUT2D eigenvalue weighted by molar-refractivity contribution is 0.393. The number of aromatic nitrogens is 1. The molecule has 0 aliphatic heterocycles. The standard InChI is InChI=1S/C21H29N3OS/c1-21(26(23)25,15-17-8-9-17)20(18-5-3-6-19(22)14-18)7-2-4-16-10-12-24-13-11-16/h3,5-6,10-14,17,20H,2,4,7-9,15,22-23H2,1H3. The predicted octanol–water partition coefficient (Wildman–Crippen LogP) is 3.95. The summed E-state index contributed by atoms with van der Waals surface area (Å²) in [7, 11) is 0. The van der Waals surface area contributed by atoms with Gasteiger partial charge in [0.05, 0.1) is 0 Å². The number of nitrogens with zero attached hydrogens (tertiary/aromatic N) is 1. The summed E-state index contributed by atoms with van der Waals surface area (Å²) in [5.41, 5.74) is 9.22. The van der Waals surface area contributed by atoms with Crippen molar-refractivity contribution in [1.82, 2.24) is 4.98 Å². The molecule has 5 heteroatoms. The minimum atomic E-state index is -1.39. The van der Waals surface area contributed by atoms with E-state index in [2.05, 4.69) is 30.1 Å². The van der Waals surface area contributed by atoms with Gasteiger partial charge in [0.15, 0.2) is 0 Å². The van der Waals surface area contributed by atoms with Crippen LogP contribution < -0.4 is 10.9 Å². The van der Waals surface area contributed by atoms with Crippen molar-refractivity contribution in [3.8, 4) is 0 Å². The van der Waals surface area contributed by atoms with Gasteiger partial charge in [0.1, 0.15) is 4.75 Å². The minimum absolute atomic E-state index is 0.138. The average molecular weight is 372 g/mol. The molecule has 26 heavy (non-hydrogen) atoms. The molecule has 0 spiro atoms. The summed E-state index contributed by atoms with van der Waals surface area (Å²) >= 11 is -1.39. The average Bonchev–Trinajstić information content (AvgIpc) is 3.43. The third-order valence-electron chi connectivity index (χ3n) is 5.61. The van der Waals surface area contributed by atoms with Crippen LogP contribution in [0.1, 0.15) is 56.1 Å². The topological polar surface area (TPSA) is 88.0 Å². The summed E-state index contributed by atoms with van der Waals surface area (Å²) in [5.74, 6) is 0.801. The number of hydrogen-bond donors (Lipinski definition) is 2. The van der Waals surface area contributed by atoms with Gasteiger partial charge in [0.2, 0.25) is 0 Å². The highest BCUT2D eigenvalue weighted by atomic mass is 32.2. The maximum absolute atomic E-state index is 12.6. The highest BCUT2D eigenvalue weighted by Gasteiger charge is 2.48. The Morgan fingerprint density at radius 1 is 1.27 bits per heavy atom. The zero-order chi connectivity index (χ0) is 18.6. The Labute approximate surface area is 159 Å². The van der Waals surface area contributed by atoms with Crippen molar-refractivity contribution in [1.29, 1.82) is 0 Å². The van der Waals surface area contributed by atoms with Gasteiger partial charge in [0.25, 0.3) is 0 Å². The van der Waals surface area contributed by atoms with Crippen molar-refractivity contribution in [2.75, 3.05) is 5.73 Å². The molecule has 3 atom stereocenters. The van der Waals surface area contributed by atoms with Crippen LogP contribution in [-0.2, 0) is 17.8 Å². The van der Waals surface area contributed by atoms with E-state index in [1.807, 2.05) is 30.6 Å². The van der Waals surface area contributed by atoms with Crippen LogP contribution >= 0.6 is 0 Å². The molecule has 3 rings (SSSR count). The molecule has 1 heterocycles. The van der Waals surface area contributed by atoms with Gasteiger partial charge in [-0.15, -0.1) is 0 Å². The van der Waals surface area contributed by atoms with E-state index in [0.29, 0.717) is 5.92 Å². The Kier molecular flexibility index (Phi) is 6.22.